The summed E-state index contributed by atoms with van der Waals surface area (Å²) in [6.45, 7) is 4.29. The number of ether oxygens (including phenoxy) is 2. The molecule has 0 spiro atoms. The highest BCUT2D eigenvalue weighted by molar-refractivity contribution is 5.78. The third-order valence-corrected chi connectivity index (χ3v) is 4.72. The predicted octanol–water partition coefficient (Wildman–Crippen LogP) is 2.05. The molecule has 2 aromatic heterocycles. The van der Waals surface area contributed by atoms with Crippen molar-refractivity contribution in [1.82, 2.24) is 25.1 Å². The molecule has 0 radical (unpaired) electrons. The minimum atomic E-state index is 0.403. The van der Waals surface area contributed by atoms with Gasteiger partial charge in [0.2, 0.25) is 0 Å². The van der Waals surface area contributed by atoms with E-state index in [0.717, 1.165) is 55.7 Å². The molecule has 1 aliphatic heterocycles. The number of H-pyrrole nitrogens is 1. The summed E-state index contributed by atoms with van der Waals surface area (Å²) in [7, 11) is 1.58. The molecule has 1 saturated heterocycles. The molecule has 0 amide bonds. The monoisotopic (exact) mass is 353 g/mol. The predicted molar refractivity (Wildman–Crippen MR) is 98.0 cm³/mol. The number of aromatic amines is 1. The number of nitrogens with zero attached hydrogens (tertiary/aromatic N) is 4. The molecule has 1 N–H and O–H groups in total. The van der Waals surface area contributed by atoms with Gasteiger partial charge in [-0.1, -0.05) is 6.07 Å². The van der Waals surface area contributed by atoms with E-state index in [4.69, 9.17) is 9.47 Å². The van der Waals surface area contributed by atoms with Gasteiger partial charge in [-0.15, -0.1) is 0 Å². The van der Waals surface area contributed by atoms with Crippen LogP contribution < -0.4 is 4.74 Å². The highest BCUT2D eigenvalue weighted by Gasteiger charge is 2.19. The van der Waals surface area contributed by atoms with Crippen LogP contribution in [0.4, 0.5) is 0 Å². The van der Waals surface area contributed by atoms with Crippen LogP contribution in [-0.2, 0) is 17.7 Å². The summed E-state index contributed by atoms with van der Waals surface area (Å²) < 4.78 is 10.9. The fourth-order valence-corrected chi connectivity index (χ4v) is 3.46. The molecule has 0 saturated carbocycles. The lowest BCUT2D eigenvalue weighted by Crippen LogP contribution is -2.30. The van der Waals surface area contributed by atoms with E-state index in [1.807, 2.05) is 18.6 Å². The van der Waals surface area contributed by atoms with Crippen LogP contribution in [0.5, 0.6) is 6.01 Å². The maximum atomic E-state index is 5.84. The van der Waals surface area contributed by atoms with Crippen molar-refractivity contribution in [1.29, 1.82) is 0 Å². The molecule has 4 rings (SSSR count). The smallest absolute Gasteiger partial charge is 0.316 e. The van der Waals surface area contributed by atoms with Crippen molar-refractivity contribution in [3.63, 3.8) is 0 Å². The molecular formula is C19H23N5O2. The van der Waals surface area contributed by atoms with Crippen molar-refractivity contribution in [2.75, 3.05) is 33.4 Å². The summed E-state index contributed by atoms with van der Waals surface area (Å²) >= 11 is 0. The second-order valence-electron chi connectivity index (χ2n) is 6.75. The van der Waals surface area contributed by atoms with Crippen LogP contribution in [-0.4, -0.2) is 58.5 Å². The van der Waals surface area contributed by atoms with Gasteiger partial charge in [0.25, 0.3) is 0 Å². The maximum Gasteiger partial charge on any atom is 0.316 e. The first-order chi connectivity index (χ1) is 12.8. The van der Waals surface area contributed by atoms with Crippen LogP contribution in [0.25, 0.3) is 10.9 Å². The summed E-state index contributed by atoms with van der Waals surface area (Å²) in [5.74, 6) is 0.459. The van der Waals surface area contributed by atoms with E-state index >= 15 is 0 Å². The molecular weight excluding hydrogens is 330 g/mol. The van der Waals surface area contributed by atoms with Crippen molar-refractivity contribution >= 4 is 10.9 Å². The van der Waals surface area contributed by atoms with Crippen LogP contribution in [0.1, 0.15) is 11.1 Å². The largest absolute Gasteiger partial charge is 0.467 e. The summed E-state index contributed by atoms with van der Waals surface area (Å²) in [6, 6.07) is 6.89. The van der Waals surface area contributed by atoms with E-state index in [1.54, 1.807) is 7.11 Å². The van der Waals surface area contributed by atoms with Gasteiger partial charge in [-0.05, 0) is 30.0 Å². The van der Waals surface area contributed by atoms with Crippen LogP contribution in [0, 0.1) is 5.92 Å². The number of rotatable bonds is 5. The summed E-state index contributed by atoms with van der Waals surface area (Å²) in [5, 5.41) is 8.25. The fourth-order valence-electron chi connectivity index (χ4n) is 3.46. The average Bonchev–Trinajstić information content (AvgIpc) is 3.02. The van der Waals surface area contributed by atoms with Gasteiger partial charge in [0.05, 0.1) is 32.0 Å². The van der Waals surface area contributed by atoms with Crippen molar-refractivity contribution in [3.05, 3.63) is 47.9 Å². The molecule has 1 unspecified atom stereocenters. The quantitative estimate of drug-likeness (QED) is 0.757. The number of hydrogen-bond acceptors (Lipinski definition) is 6. The lowest BCUT2D eigenvalue weighted by molar-refractivity contribution is 0.121. The van der Waals surface area contributed by atoms with Crippen molar-refractivity contribution in [2.45, 2.75) is 13.0 Å². The van der Waals surface area contributed by atoms with Crippen LogP contribution >= 0.6 is 0 Å². The molecule has 1 atom stereocenters. The van der Waals surface area contributed by atoms with Gasteiger partial charge in [0, 0.05) is 43.0 Å². The molecule has 1 fully saturated rings. The Morgan fingerprint density at radius 3 is 2.96 bits per heavy atom. The summed E-state index contributed by atoms with van der Waals surface area (Å²) in [4.78, 5) is 10.8. The minimum Gasteiger partial charge on any atom is -0.467 e. The number of methoxy groups -OCH3 is 1. The van der Waals surface area contributed by atoms with Crippen LogP contribution in [0.15, 0.2) is 36.8 Å². The van der Waals surface area contributed by atoms with Gasteiger partial charge in [0.1, 0.15) is 0 Å². The van der Waals surface area contributed by atoms with Crippen molar-refractivity contribution in [2.24, 2.45) is 5.92 Å². The molecule has 136 valence electrons. The molecule has 3 aromatic rings. The van der Waals surface area contributed by atoms with Crippen molar-refractivity contribution < 1.29 is 9.47 Å². The van der Waals surface area contributed by atoms with E-state index in [0.29, 0.717) is 11.9 Å². The summed E-state index contributed by atoms with van der Waals surface area (Å²) in [5.41, 5.74) is 3.49. The second kappa shape index (κ2) is 7.80. The Bertz CT molecular complexity index is 849. The first-order valence-corrected chi connectivity index (χ1v) is 8.87. The molecule has 0 aliphatic carbocycles. The van der Waals surface area contributed by atoms with E-state index < -0.39 is 0 Å². The molecule has 1 aromatic carbocycles. The molecule has 3 heterocycles. The summed E-state index contributed by atoms with van der Waals surface area (Å²) in [6.07, 6.45) is 6.54. The Balaban J connectivity index is 1.41. The van der Waals surface area contributed by atoms with Gasteiger partial charge in [-0.25, -0.2) is 9.97 Å². The van der Waals surface area contributed by atoms with E-state index in [1.165, 1.54) is 5.56 Å². The zero-order valence-corrected chi connectivity index (χ0v) is 14.9. The normalized spacial score (nSPS) is 18.7. The van der Waals surface area contributed by atoms with Gasteiger partial charge in [0.15, 0.2) is 0 Å². The third-order valence-electron chi connectivity index (χ3n) is 4.72. The Hall–Kier alpha value is -2.51. The lowest BCUT2D eigenvalue weighted by Gasteiger charge is -2.23. The first-order valence-electron chi connectivity index (χ1n) is 8.87. The second-order valence-corrected chi connectivity index (χ2v) is 6.75. The lowest BCUT2D eigenvalue weighted by atomic mass is 9.98. The van der Waals surface area contributed by atoms with Crippen molar-refractivity contribution in [3.8, 4) is 6.01 Å². The number of benzene rings is 1. The van der Waals surface area contributed by atoms with Gasteiger partial charge >= 0.3 is 6.01 Å². The van der Waals surface area contributed by atoms with Gasteiger partial charge in [-0.3, -0.25) is 10.00 Å². The Morgan fingerprint density at radius 1 is 1.23 bits per heavy atom. The van der Waals surface area contributed by atoms with E-state index in [-0.39, 0.29) is 0 Å². The Morgan fingerprint density at radius 2 is 2.12 bits per heavy atom. The van der Waals surface area contributed by atoms with E-state index in [2.05, 4.69) is 43.3 Å². The molecule has 26 heavy (non-hydrogen) atoms. The minimum absolute atomic E-state index is 0.403. The average molecular weight is 353 g/mol. The Labute approximate surface area is 152 Å². The highest BCUT2D eigenvalue weighted by Crippen LogP contribution is 2.19. The zero-order valence-electron chi connectivity index (χ0n) is 14.9. The van der Waals surface area contributed by atoms with Gasteiger partial charge in [-0.2, -0.15) is 5.10 Å². The topological polar surface area (TPSA) is 76.2 Å². The number of hydrogen-bond donors (Lipinski definition) is 1. The molecule has 0 bridgehead atoms. The first kappa shape index (κ1) is 16.9. The number of fused-ring (bicyclic) bond motifs is 1. The standard InChI is InChI=1S/C19H23N5O2/c1-25-19-20-8-16(9-21-19)12-24-4-5-26-13-15(11-24)6-14-2-3-18-17(7-14)10-22-23-18/h2-3,7-10,15H,4-6,11-13H2,1H3,(H,22,23). The molecule has 7 nitrogen and oxygen atoms in total. The third kappa shape index (κ3) is 4.00. The number of aromatic nitrogens is 4. The van der Waals surface area contributed by atoms with E-state index in [9.17, 15) is 0 Å². The zero-order chi connectivity index (χ0) is 17.8. The molecule has 7 heteroatoms. The fraction of sp³-hybridized carbons (Fsp3) is 0.421. The van der Waals surface area contributed by atoms with Gasteiger partial charge < -0.3 is 9.47 Å². The highest BCUT2D eigenvalue weighted by atomic mass is 16.5. The van der Waals surface area contributed by atoms with Crippen LogP contribution in [0.3, 0.4) is 0 Å². The number of nitrogens with one attached hydrogen (secondary N) is 1. The SMILES string of the molecule is COc1ncc(CN2CCOCC(Cc3ccc4[nH]ncc4c3)C2)cn1. The molecule has 1 aliphatic rings. The van der Waals surface area contributed by atoms with Crippen LogP contribution in [0.2, 0.25) is 0 Å². The Kier molecular flexibility index (Phi) is 5.08. The maximum absolute atomic E-state index is 5.84.